The van der Waals surface area contributed by atoms with Gasteiger partial charge in [-0.1, -0.05) is 176 Å². The molecule has 11 aromatic carbocycles. The van der Waals surface area contributed by atoms with E-state index in [1.54, 1.807) is 0 Å². The Hall–Kier alpha value is -8.66. The van der Waals surface area contributed by atoms with Gasteiger partial charge in [-0.25, -0.2) is 0 Å². The molecule has 0 aliphatic rings. The summed E-state index contributed by atoms with van der Waals surface area (Å²) in [5.74, 6) is 0. The van der Waals surface area contributed by atoms with Crippen LogP contribution in [0.4, 0.5) is 17.1 Å². The molecule has 0 N–H and O–H groups in total. The molecule has 0 radical (unpaired) electrons. The van der Waals surface area contributed by atoms with Crippen LogP contribution in [0.25, 0.3) is 104 Å². The second-order valence-corrected chi connectivity index (χ2v) is 16.8. The van der Waals surface area contributed by atoms with Gasteiger partial charge in [-0.2, -0.15) is 0 Å². The molecule has 0 saturated carbocycles. The second-order valence-electron chi connectivity index (χ2n) is 16.8. The molecule has 0 amide bonds. The fraction of sp³-hybridized carbons (Fsp3) is 0. The Morgan fingerprint density at radius 2 is 0.769 bits per heavy atom. The molecular weight excluding hydrogens is 789 g/mol. The number of benzene rings is 11. The van der Waals surface area contributed by atoms with Crippen LogP contribution in [-0.4, -0.2) is 4.57 Å². The molecule has 13 rings (SSSR count). The maximum Gasteiger partial charge on any atom is 0.143 e. The molecule has 0 spiro atoms. The Bertz CT molecular complexity index is 3870. The van der Waals surface area contributed by atoms with Crippen LogP contribution in [0.15, 0.2) is 247 Å². The molecule has 0 fully saturated rings. The lowest BCUT2D eigenvalue weighted by Gasteiger charge is -2.26. The van der Waals surface area contributed by atoms with Crippen LogP contribution in [0.3, 0.4) is 0 Å². The number of aromatic nitrogens is 1. The normalized spacial score (nSPS) is 11.7. The van der Waals surface area contributed by atoms with Gasteiger partial charge in [-0.05, 0) is 111 Å². The summed E-state index contributed by atoms with van der Waals surface area (Å²) < 4.78 is 8.98. The molecule has 2 heterocycles. The largest absolute Gasteiger partial charge is 0.455 e. The Kier molecular flexibility index (Phi) is 8.53. The number of rotatable bonds is 7. The van der Waals surface area contributed by atoms with E-state index >= 15 is 0 Å². The van der Waals surface area contributed by atoms with Crippen molar-refractivity contribution in [3.63, 3.8) is 0 Å². The third-order valence-corrected chi connectivity index (χ3v) is 13.2. The van der Waals surface area contributed by atoms with E-state index in [1.807, 2.05) is 0 Å². The van der Waals surface area contributed by atoms with E-state index in [1.165, 1.54) is 54.7 Å². The lowest BCUT2D eigenvalue weighted by atomic mass is 9.97. The van der Waals surface area contributed by atoms with Crippen LogP contribution in [0.5, 0.6) is 0 Å². The van der Waals surface area contributed by atoms with E-state index in [2.05, 4.69) is 252 Å². The van der Waals surface area contributed by atoms with Crippen molar-refractivity contribution in [2.24, 2.45) is 0 Å². The number of anilines is 3. The fourth-order valence-electron chi connectivity index (χ4n) is 10.2. The Labute approximate surface area is 376 Å². The van der Waals surface area contributed by atoms with Crippen LogP contribution in [0.1, 0.15) is 0 Å². The molecule has 0 aliphatic heterocycles. The SMILES string of the molecule is c1ccc(-n2c3ccccc3c3ccccc32)c(-c2ccc(N(c3ccc(-c4cccc5ccccc45)cc3)c3ccc(-c4cccc5oc6c7ccccc7ccc6c45)cc3)cc2)c1. The number of nitrogens with zero attached hydrogens (tertiary/aromatic N) is 2. The molecular formula is C62H40N2O. The van der Waals surface area contributed by atoms with Gasteiger partial charge in [0.1, 0.15) is 11.2 Å². The lowest BCUT2D eigenvalue weighted by Crippen LogP contribution is -2.09. The first-order valence-corrected chi connectivity index (χ1v) is 22.2. The molecule has 65 heavy (non-hydrogen) atoms. The summed E-state index contributed by atoms with van der Waals surface area (Å²) in [7, 11) is 0. The van der Waals surface area contributed by atoms with Crippen molar-refractivity contribution < 1.29 is 4.42 Å². The number of fused-ring (bicyclic) bond motifs is 9. The van der Waals surface area contributed by atoms with E-state index in [-0.39, 0.29) is 0 Å². The van der Waals surface area contributed by atoms with Crippen molar-refractivity contribution in [2.45, 2.75) is 0 Å². The molecule has 0 unspecified atom stereocenters. The maximum atomic E-state index is 6.57. The molecule has 0 saturated heterocycles. The van der Waals surface area contributed by atoms with E-state index < -0.39 is 0 Å². The molecule has 0 bridgehead atoms. The highest BCUT2D eigenvalue weighted by Crippen LogP contribution is 2.43. The quantitative estimate of drug-likeness (QED) is 0.160. The number of hydrogen-bond acceptors (Lipinski definition) is 2. The second kappa shape index (κ2) is 15.0. The van der Waals surface area contributed by atoms with Gasteiger partial charge in [0.05, 0.1) is 16.7 Å². The van der Waals surface area contributed by atoms with Gasteiger partial charge in [0.2, 0.25) is 0 Å². The Morgan fingerprint density at radius 1 is 0.308 bits per heavy atom. The highest BCUT2D eigenvalue weighted by molar-refractivity contribution is 6.19. The van der Waals surface area contributed by atoms with Gasteiger partial charge in [0.25, 0.3) is 0 Å². The predicted molar refractivity (Wildman–Crippen MR) is 274 cm³/mol. The summed E-state index contributed by atoms with van der Waals surface area (Å²) in [6.45, 7) is 0. The average Bonchev–Trinajstić information content (AvgIpc) is 3.94. The van der Waals surface area contributed by atoms with E-state index in [0.717, 1.165) is 66.8 Å². The molecule has 3 heteroatoms. The first-order valence-electron chi connectivity index (χ1n) is 22.2. The third kappa shape index (κ3) is 6.05. The first-order chi connectivity index (χ1) is 32.2. The third-order valence-electron chi connectivity index (χ3n) is 13.2. The van der Waals surface area contributed by atoms with Crippen molar-refractivity contribution in [1.29, 1.82) is 0 Å². The minimum absolute atomic E-state index is 0.894. The van der Waals surface area contributed by atoms with Crippen molar-refractivity contribution in [3.05, 3.63) is 243 Å². The molecule has 0 aliphatic carbocycles. The average molecular weight is 829 g/mol. The molecule has 304 valence electrons. The first kappa shape index (κ1) is 36.9. The van der Waals surface area contributed by atoms with Gasteiger partial charge < -0.3 is 13.9 Å². The van der Waals surface area contributed by atoms with Crippen LogP contribution < -0.4 is 4.90 Å². The number of hydrogen-bond donors (Lipinski definition) is 0. The molecule has 2 aromatic heterocycles. The van der Waals surface area contributed by atoms with Gasteiger partial charge >= 0.3 is 0 Å². The van der Waals surface area contributed by atoms with Crippen molar-refractivity contribution in [3.8, 4) is 39.1 Å². The monoisotopic (exact) mass is 828 g/mol. The summed E-state index contributed by atoms with van der Waals surface area (Å²) in [5, 5.41) is 9.57. The van der Waals surface area contributed by atoms with Crippen LogP contribution in [-0.2, 0) is 0 Å². The molecule has 13 aromatic rings. The van der Waals surface area contributed by atoms with Gasteiger partial charge in [0.15, 0.2) is 0 Å². The maximum absolute atomic E-state index is 6.57. The summed E-state index contributed by atoms with van der Waals surface area (Å²) in [6.07, 6.45) is 0. The van der Waals surface area contributed by atoms with Crippen LogP contribution in [0.2, 0.25) is 0 Å². The predicted octanol–water partition coefficient (Wildman–Crippen LogP) is 17.5. The van der Waals surface area contributed by atoms with Crippen molar-refractivity contribution in [1.82, 2.24) is 4.57 Å². The van der Waals surface area contributed by atoms with Crippen molar-refractivity contribution >= 4 is 82.4 Å². The lowest BCUT2D eigenvalue weighted by molar-refractivity contribution is 0.673. The smallest absolute Gasteiger partial charge is 0.143 e. The Morgan fingerprint density at radius 3 is 1.43 bits per heavy atom. The summed E-state index contributed by atoms with van der Waals surface area (Å²) >= 11 is 0. The zero-order valence-corrected chi connectivity index (χ0v) is 35.4. The van der Waals surface area contributed by atoms with E-state index in [9.17, 15) is 0 Å². The summed E-state index contributed by atoms with van der Waals surface area (Å²) in [6, 6.07) is 87.6. The minimum Gasteiger partial charge on any atom is -0.455 e. The highest BCUT2D eigenvalue weighted by atomic mass is 16.3. The molecule has 0 atom stereocenters. The van der Waals surface area contributed by atoms with Gasteiger partial charge in [-0.15, -0.1) is 0 Å². The topological polar surface area (TPSA) is 21.3 Å². The zero-order valence-electron chi connectivity index (χ0n) is 35.4. The summed E-state index contributed by atoms with van der Waals surface area (Å²) in [5.41, 5.74) is 15.6. The van der Waals surface area contributed by atoms with E-state index in [4.69, 9.17) is 4.42 Å². The zero-order chi connectivity index (χ0) is 42.8. The molecule has 3 nitrogen and oxygen atoms in total. The van der Waals surface area contributed by atoms with Crippen LogP contribution in [0, 0.1) is 0 Å². The minimum atomic E-state index is 0.894. The fourth-order valence-corrected chi connectivity index (χ4v) is 10.2. The van der Waals surface area contributed by atoms with Gasteiger partial charge in [-0.3, -0.25) is 0 Å². The van der Waals surface area contributed by atoms with E-state index in [0.29, 0.717) is 0 Å². The number of furan rings is 1. The van der Waals surface area contributed by atoms with Crippen molar-refractivity contribution in [2.75, 3.05) is 4.90 Å². The summed E-state index contributed by atoms with van der Waals surface area (Å²) in [4.78, 5) is 2.36. The highest BCUT2D eigenvalue weighted by Gasteiger charge is 2.19. The van der Waals surface area contributed by atoms with Crippen LogP contribution >= 0.6 is 0 Å². The standard InChI is InChI=1S/C62H40N2O/c1-3-16-49-41(13-1)15-11-21-50(49)43-27-34-46(35-28-43)63(48-38-31-45(32-39-48)52-22-12-26-60-61(52)56-40-33-42-14-2-4-18-53(42)62(56)65-60)47-36-29-44(30-37-47)51-17-5-8-23-57(51)64-58-24-9-6-19-54(58)55-20-7-10-25-59(55)64/h1-40H. The van der Waals surface area contributed by atoms with Gasteiger partial charge in [0, 0.05) is 49.6 Å². The number of para-hydroxylation sites is 3. The Balaban J connectivity index is 0.920.